The first kappa shape index (κ1) is 74.5. The number of ether oxygens (including phenoxy) is 6. The molecule has 0 aliphatic carbocycles. The molecular weight excluding hydrogens is 1350 g/mol. The number of aliphatic carboxylic acids is 1. The highest BCUT2D eigenvalue weighted by Crippen LogP contribution is 2.47. The van der Waals surface area contributed by atoms with Gasteiger partial charge in [0.2, 0.25) is 11.8 Å². The molecule has 3 amide bonds. The van der Waals surface area contributed by atoms with Crippen LogP contribution in [0.25, 0.3) is 44.3 Å². The minimum absolute atomic E-state index is 0.0216. The number of amides is 3. The molecule has 12 aromatic rings. The zero-order valence-corrected chi connectivity index (χ0v) is 61.7. The molecule has 2 fully saturated rings. The Labute approximate surface area is 622 Å². The number of aromatic nitrogens is 6. The minimum Gasteiger partial charge on any atom is -0.481 e. The summed E-state index contributed by atoms with van der Waals surface area (Å²) < 4.78 is 36.8. The van der Waals surface area contributed by atoms with Crippen LogP contribution in [0.15, 0.2) is 255 Å². The molecule has 4 N–H and O–H groups in total. The molecule has 14 rings (SSSR count). The Morgan fingerprint density at radius 2 is 0.794 bits per heavy atom. The Bertz CT molecular complexity index is 4900. The van der Waals surface area contributed by atoms with E-state index < -0.39 is 51.6 Å². The Morgan fingerprint density at radius 1 is 0.449 bits per heavy atom. The number of pyridine rings is 2. The zero-order valence-electron chi connectivity index (χ0n) is 61.7. The van der Waals surface area contributed by atoms with E-state index in [1.165, 1.54) is 24.0 Å². The summed E-state index contributed by atoms with van der Waals surface area (Å²) in [6.07, 6.45) is 3.06. The van der Waals surface area contributed by atoms with Gasteiger partial charge in [-0.2, -0.15) is 10.2 Å². The van der Waals surface area contributed by atoms with Crippen LogP contribution in [0.3, 0.4) is 0 Å². The number of likely N-dealkylation sites (tertiary alicyclic amines) is 2. The van der Waals surface area contributed by atoms with E-state index in [0.29, 0.717) is 48.3 Å². The molecule has 2 aliphatic rings. The molecule has 2 saturated heterocycles. The quantitative estimate of drug-likeness (QED) is 0.0566. The lowest BCUT2D eigenvalue weighted by atomic mass is 9.77. The first-order valence-electron chi connectivity index (χ1n) is 35.3. The van der Waals surface area contributed by atoms with E-state index >= 15 is 0 Å². The van der Waals surface area contributed by atoms with Crippen molar-refractivity contribution in [2.45, 2.75) is 87.9 Å². The number of carboxylic acid groups (broad SMARTS) is 1. The van der Waals surface area contributed by atoms with Gasteiger partial charge in [-0.3, -0.25) is 4.79 Å². The first-order valence-corrected chi connectivity index (χ1v) is 35.3. The average molecular weight is 1440 g/mol. The maximum Gasteiger partial charge on any atom is 0.410 e. The number of fused-ring (bicyclic) bond motifs is 2. The number of carboxylic acids is 1. The highest BCUT2D eigenvalue weighted by atomic mass is 16.6. The van der Waals surface area contributed by atoms with E-state index in [1.54, 1.807) is 47.4 Å². The summed E-state index contributed by atoms with van der Waals surface area (Å²) in [5.41, 5.74) is 13.5. The van der Waals surface area contributed by atoms with Gasteiger partial charge in [-0.05, 0) is 123 Å². The van der Waals surface area contributed by atoms with Crippen molar-refractivity contribution in [1.82, 2.24) is 39.3 Å². The number of benzene rings is 8. The zero-order chi connectivity index (χ0) is 75.7. The highest BCUT2D eigenvalue weighted by molar-refractivity contribution is 6.02. The van der Waals surface area contributed by atoms with Gasteiger partial charge in [-0.1, -0.05) is 182 Å². The molecular formula is C86H88N10O11. The third kappa shape index (κ3) is 15.2. The van der Waals surface area contributed by atoms with Crippen LogP contribution in [0.4, 0.5) is 21.0 Å². The van der Waals surface area contributed by atoms with Gasteiger partial charge in [-0.25, -0.2) is 33.7 Å². The Balaban J connectivity index is 0.000000171. The smallest absolute Gasteiger partial charge is 0.410 e. The second-order valence-electron chi connectivity index (χ2n) is 28.3. The Hall–Kier alpha value is -12.2. The van der Waals surface area contributed by atoms with Gasteiger partial charge in [0.05, 0.1) is 38.3 Å². The fourth-order valence-corrected chi connectivity index (χ4v) is 14.1. The van der Waals surface area contributed by atoms with Gasteiger partial charge < -0.3 is 54.4 Å². The van der Waals surface area contributed by atoms with E-state index in [9.17, 15) is 19.2 Å². The normalized spacial score (nSPS) is 15.9. The maximum absolute atomic E-state index is 14.1. The molecule has 0 spiro atoms. The second-order valence-corrected chi connectivity index (χ2v) is 28.3. The lowest BCUT2D eigenvalue weighted by Crippen LogP contribution is -2.48. The van der Waals surface area contributed by atoms with Crippen molar-refractivity contribution in [3.8, 4) is 34.3 Å². The molecule has 4 aromatic heterocycles. The first-order chi connectivity index (χ1) is 51.5. The van der Waals surface area contributed by atoms with Crippen molar-refractivity contribution in [2.24, 2.45) is 0 Å². The van der Waals surface area contributed by atoms with Crippen LogP contribution >= 0.6 is 0 Å². The lowest BCUT2D eigenvalue weighted by molar-refractivity contribution is -0.160. The second kappa shape index (κ2) is 31.2. The SMILES string of the molecule is CO[C@@]1(C(=O)O)CCN(C(=O)OC(C)(C)C)C1.COc1cc(-c2nn(C(c3ccccc3)(c3ccccc3)c3ccccc3)c3ccc(N)cc23)ccn1.COc1cc(-c2nn(C(c3ccccc3)(c3ccccc3)c3ccccc3)c3ccc(NC(=O)[C@]4(OC)CCN(C(=O)OC(C)(C)C)C4)cc23)ccn1. The van der Waals surface area contributed by atoms with Crippen molar-refractivity contribution < 1.29 is 52.7 Å². The Kier molecular flexibility index (Phi) is 21.8. The van der Waals surface area contributed by atoms with E-state index in [0.717, 1.165) is 72.0 Å². The summed E-state index contributed by atoms with van der Waals surface area (Å²) in [6, 6.07) is 82.1. The highest BCUT2D eigenvalue weighted by Gasteiger charge is 2.50. The number of nitrogens with two attached hydrogens (primary N) is 1. The van der Waals surface area contributed by atoms with Gasteiger partial charge in [-0.15, -0.1) is 0 Å². The molecule has 6 heterocycles. The van der Waals surface area contributed by atoms with E-state index in [2.05, 4.69) is 140 Å². The lowest BCUT2D eigenvalue weighted by Gasteiger charge is -2.37. The summed E-state index contributed by atoms with van der Waals surface area (Å²) in [7, 11) is 6.04. The third-order valence-electron chi connectivity index (χ3n) is 19.2. The summed E-state index contributed by atoms with van der Waals surface area (Å²) in [5.74, 6) is -0.416. The van der Waals surface area contributed by atoms with Crippen molar-refractivity contribution in [3.63, 3.8) is 0 Å². The molecule has 0 bridgehead atoms. The maximum atomic E-state index is 14.1. The largest absolute Gasteiger partial charge is 0.481 e. The topological polar surface area (TPSA) is 250 Å². The number of hydrogen-bond donors (Lipinski definition) is 3. The number of methoxy groups -OCH3 is 4. The van der Waals surface area contributed by atoms with E-state index in [1.807, 2.05) is 148 Å². The molecule has 107 heavy (non-hydrogen) atoms. The fraction of sp³-hybridized carbons (Fsp3) is 0.256. The van der Waals surface area contributed by atoms with Gasteiger partial charge >= 0.3 is 18.2 Å². The van der Waals surface area contributed by atoms with Gasteiger partial charge in [0.15, 0.2) is 11.2 Å². The van der Waals surface area contributed by atoms with Gasteiger partial charge in [0, 0.05) is 98.0 Å². The van der Waals surface area contributed by atoms with Gasteiger partial charge in [0.25, 0.3) is 5.91 Å². The molecule has 0 saturated carbocycles. The van der Waals surface area contributed by atoms with Gasteiger partial charge in [0.1, 0.15) is 33.7 Å². The van der Waals surface area contributed by atoms with E-state index in [-0.39, 0.29) is 25.4 Å². The van der Waals surface area contributed by atoms with Crippen molar-refractivity contribution in [3.05, 3.63) is 288 Å². The summed E-state index contributed by atoms with van der Waals surface area (Å²) in [5, 5.41) is 24.8. The van der Waals surface area contributed by atoms with Crippen molar-refractivity contribution in [1.29, 1.82) is 0 Å². The summed E-state index contributed by atoms with van der Waals surface area (Å²) in [6.45, 7) is 11.5. The van der Waals surface area contributed by atoms with E-state index in [4.69, 9.17) is 49.5 Å². The monoisotopic (exact) mass is 1440 g/mol. The van der Waals surface area contributed by atoms with Crippen LogP contribution < -0.4 is 20.5 Å². The predicted molar refractivity (Wildman–Crippen MR) is 413 cm³/mol. The molecule has 2 atom stereocenters. The standard InChI is InChI=1S/C43H43N5O5.C32H26N4O.C11H19NO5/c1-41(2,3)53-40(50)47-26-24-42(29-47,52-5)39(49)45-34-21-22-36-35(28-34)38(30-23-25-44-37(27-30)51-4)46-48(36)43(31-15-9-6-10-16-31,32-17-11-7-12-18-32)33-19-13-8-14-20-33;1-37-30-21-23(19-20-34-30)31-28-22-27(33)17-18-29(28)36(35-31)32(24-11-5-2-6-12-24,25-13-7-3-8-14-25)26-15-9-4-10-16-26;1-10(2,3)17-9(15)12-6-5-11(7-12,16-4)8(13)14/h6-23,25,27-28H,24,26,29H2,1-5H3,(H,45,49);2-22H,33H2,1H3;5-7H2,1-4H3,(H,13,14)/t42-;;11-/m0.0/s1. The summed E-state index contributed by atoms with van der Waals surface area (Å²) in [4.78, 5) is 61.3. The number of rotatable bonds is 17. The minimum atomic E-state index is -1.29. The Morgan fingerprint density at radius 3 is 1.13 bits per heavy atom. The number of carbonyl (C=O) groups is 4. The van der Waals surface area contributed by atoms with Crippen LogP contribution in [0.5, 0.6) is 11.8 Å². The van der Waals surface area contributed by atoms with Crippen LogP contribution in [-0.4, -0.2) is 146 Å². The predicted octanol–water partition coefficient (Wildman–Crippen LogP) is 15.5. The number of anilines is 2. The number of nitrogen functional groups attached to an aromatic ring is 1. The molecule has 548 valence electrons. The van der Waals surface area contributed by atoms with Crippen LogP contribution in [0.1, 0.15) is 87.8 Å². The molecule has 2 aliphatic heterocycles. The molecule has 8 aromatic carbocycles. The number of nitrogens with one attached hydrogen (secondary N) is 1. The number of carbonyl (C=O) groups excluding carboxylic acids is 3. The third-order valence-corrected chi connectivity index (χ3v) is 19.2. The molecule has 0 radical (unpaired) electrons. The van der Waals surface area contributed by atoms with Crippen LogP contribution in [-0.2, 0) is 39.6 Å². The van der Waals surface area contributed by atoms with Crippen molar-refractivity contribution in [2.75, 3.05) is 65.7 Å². The van der Waals surface area contributed by atoms with Crippen LogP contribution in [0.2, 0.25) is 0 Å². The molecule has 0 unspecified atom stereocenters. The summed E-state index contributed by atoms with van der Waals surface area (Å²) >= 11 is 0. The van der Waals surface area contributed by atoms with Crippen molar-refractivity contribution >= 4 is 57.2 Å². The molecule has 21 nitrogen and oxygen atoms in total. The fourth-order valence-electron chi connectivity index (χ4n) is 14.1. The average Bonchev–Trinajstić information content (AvgIpc) is 1.62. The number of nitrogens with zero attached hydrogens (tertiary/aromatic N) is 8. The molecule has 21 heteroatoms. The number of hydrogen-bond acceptors (Lipinski definition) is 15. The van der Waals surface area contributed by atoms with Crippen LogP contribution in [0, 0.1) is 0 Å².